The summed E-state index contributed by atoms with van der Waals surface area (Å²) in [6.45, 7) is 0. The molecule has 0 spiro atoms. The van der Waals surface area contributed by atoms with E-state index in [1.165, 1.54) is 26.4 Å². The van der Waals surface area contributed by atoms with Crippen LogP contribution in [-0.2, 0) is 23.1 Å². The number of hydrogen-bond acceptors (Lipinski definition) is 7. The van der Waals surface area contributed by atoms with Crippen molar-refractivity contribution in [2.75, 3.05) is 20.6 Å². The number of ether oxygens (including phenoxy) is 2. The Balaban J connectivity index is 2.04. The average Bonchev–Trinajstić information content (AvgIpc) is 2.97. The van der Waals surface area contributed by atoms with Gasteiger partial charge in [-0.2, -0.15) is 0 Å². The molecule has 0 aliphatic carbocycles. The second-order valence-electron chi connectivity index (χ2n) is 4.20. The maximum Gasteiger partial charge on any atom is 0.355 e. The Morgan fingerprint density at radius 1 is 1.36 bits per heavy atom. The second kappa shape index (κ2) is 6.91. The third-order valence-electron chi connectivity index (χ3n) is 2.86. The minimum absolute atomic E-state index is 0.149. The molecule has 0 unspecified atom stereocenters. The number of halogens is 1. The van der Waals surface area contributed by atoms with Crippen LogP contribution in [-0.4, -0.2) is 36.4 Å². The third kappa shape index (κ3) is 3.75. The van der Waals surface area contributed by atoms with E-state index in [1.807, 2.05) is 0 Å². The van der Waals surface area contributed by atoms with E-state index in [0.717, 1.165) is 10.8 Å². The molecule has 1 N–H and O–H groups in total. The van der Waals surface area contributed by atoms with E-state index in [-0.39, 0.29) is 11.4 Å². The second-order valence-corrected chi connectivity index (χ2v) is 6.81. The Hall–Kier alpha value is -1.22. The number of H-pyrrole nitrogens is 1. The zero-order valence-corrected chi connectivity index (χ0v) is 13.4. The molecule has 1 aliphatic rings. The van der Waals surface area contributed by atoms with Gasteiger partial charge in [-0.3, -0.25) is 18.9 Å². The van der Waals surface area contributed by atoms with Gasteiger partial charge in [0.2, 0.25) is 0 Å². The predicted molar refractivity (Wildman–Crippen MR) is 77.0 cm³/mol. The normalized spacial score (nSPS) is 21.4. The van der Waals surface area contributed by atoms with Crippen LogP contribution in [0.3, 0.4) is 0 Å². The lowest BCUT2D eigenvalue weighted by Crippen LogP contribution is -2.32. The van der Waals surface area contributed by atoms with Gasteiger partial charge in [-0.1, -0.05) is 11.6 Å². The highest BCUT2D eigenvalue weighted by Crippen LogP contribution is 2.46. The largest absolute Gasteiger partial charge is 0.355 e. The average molecular weight is 353 g/mol. The quantitative estimate of drug-likeness (QED) is 0.602. The summed E-state index contributed by atoms with van der Waals surface area (Å²) >= 11 is 5.67. The molecule has 1 aliphatic heterocycles. The fraction of sp³-hybridized carbons (Fsp3) is 0.455. The van der Waals surface area contributed by atoms with Crippen LogP contribution in [0.5, 0.6) is 0 Å². The van der Waals surface area contributed by atoms with Gasteiger partial charge in [0.05, 0.1) is 0 Å². The molecule has 0 aromatic carbocycles. The van der Waals surface area contributed by atoms with Crippen molar-refractivity contribution in [1.29, 1.82) is 0 Å². The fourth-order valence-electron chi connectivity index (χ4n) is 1.66. The highest BCUT2D eigenvalue weighted by Gasteiger charge is 2.27. The highest BCUT2D eigenvalue weighted by molar-refractivity contribution is 7.53. The van der Waals surface area contributed by atoms with Gasteiger partial charge in [-0.05, 0) is 12.2 Å². The van der Waals surface area contributed by atoms with E-state index in [9.17, 15) is 14.2 Å². The van der Waals surface area contributed by atoms with Crippen LogP contribution in [0.25, 0.3) is 0 Å². The maximum atomic E-state index is 11.8. The fourth-order valence-corrected chi connectivity index (χ4v) is 2.50. The Morgan fingerprint density at radius 3 is 2.68 bits per heavy atom. The van der Waals surface area contributed by atoms with Gasteiger partial charge in [0.25, 0.3) is 5.56 Å². The molecule has 9 nitrogen and oxygen atoms in total. The number of aromatic nitrogens is 2. The molecule has 122 valence electrons. The maximum absolute atomic E-state index is 11.8. The lowest BCUT2D eigenvalue weighted by Gasteiger charge is -2.18. The summed E-state index contributed by atoms with van der Waals surface area (Å²) in [7, 11) is -0.843. The zero-order valence-electron chi connectivity index (χ0n) is 11.7. The predicted octanol–water partition coefficient (Wildman–Crippen LogP) is 1.06. The van der Waals surface area contributed by atoms with Gasteiger partial charge in [0.1, 0.15) is 5.02 Å². The standard InChI is InChI=1S/C11H14ClN2O7P/c1-18-22(17,19-2)6-20-9-4-3-8(21-9)14-5-7(12)10(15)13-11(14)16/h3-5,8-9H,6H2,1-2H3,(H,13,15,16)/t8-,9+/m1/s1. The summed E-state index contributed by atoms with van der Waals surface area (Å²) in [6, 6.07) is 0. The van der Waals surface area contributed by atoms with Gasteiger partial charge in [-0.15, -0.1) is 0 Å². The summed E-state index contributed by atoms with van der Waals surface area (Å²) in [5, 5.41) is -0.149. The molecule has 11 heteroatoms. The first kappa shape index (κ1) is 17.1. The van der Waals surface area contributed by atoms with Crippen LogP contribution in [0.15, 0.2) is 27.9 Å². The van der Waals surface area contributed by atoms with E-state index in [4.69, 9.17) is 30.1 Å². The van der Waals surface area contributed by atoms with E-state index in [1.54, 1.807) is 0 Å². The molecule has 22 heavy (non-hydrogen) atoms. The van der Waals surface area contributed by atoms with Crippen molar-refractivity contribution in [1.82, 2.24) is 9.55 Å². The lowest BCUT2D eigenvalue weighted by molar-refractivity contribution is -0.128. The first-order valence-electron chi connectivity index (χ1n) is 6.05. The molecule has 0 saturated carbocycles. The summed E-state index contributed by atoms with van der Waals surface area (Å²) in [5.41, 5.74) is -1.36. The minimum atomic E-state index is -3.32. The molecule has 2 rings (SSSR count). The van der Waals surface area contributed by atoms with Gasteiger partial charge >= 0.3 is 13.3 Å². The third-order valence-corrected chi connectivity index (χ3v) is 4.71. The van der Waals surface area contributed by atoms with Crippen molar-refractivity contribution in [3.05, 3.63) is 44.2 Å². The molecule has 2 heterocycles. The van der Waals surface area contributed by atoms with Gasteiger partial charge < -0.3 is 18.5 Å². The molecule has 0 saturated heterocycles. The zero-order chi connectivity index (χ0) is 16.3. The topological polar surface area (TPSA) is 109 Å². The smallest absolute Gasteiger partial charge is 0.336 e. The number of nitrogens with one attached hydrogen (secondary N) is 1. The van der Waals surface area contributed by atoms with E-state index in [2.05, 4.69) is 4.98 Å². The highest BCUT2D eigenvalue weighted by atomic mass is 35.5. The van der Waals surface area contributed by atoms with Crippen molar-refractivity contribution in [2.45, 2.75) is 12.5 Å². The summed E-state index contributed by atoms with van der Waals surface area (Å²) in [6.07, 6.45) is 2.24. The van der Waals surface area contributed by atoms with Crippen LogP contribution in [0, 0.1) is 0 Å². The molecule has 1 aromatic heterocycles. The van der Waals surface area contributed by atoms with E-state index in [0.29, 0.717) is 0 Å². The number of nitrogens with zero attached hydrogens (tertiary/aromatic N) is 1. The first-order chi connectivity index (χ1) is 10.4. The Kier molecular flexibility index (Phi) is 5.38. The van der Waals surface area contributed by atoms with Gasteiger partial charge in [-0.25, -0.2) is 4.79 Å². The van der Waals surface area contributed by atoms with Crippen molar-refractivity contribution >= 4 is 19.2 Å². The van der Waals surface area contributed by atoms with Crippen LogP contribution >= 0.6 is 19.2 Å². The summed E-state index contributed by atoms with van der Waals surface area (Å²) < 4.78 is 33.0. The molecular weight excluding hydrogens is 339 g/mol. The van der Waals surface area contributed by atoms with Crippen LogP contribution < -0.4 is 11.2 Å². The Morgan fingerprint density at radius 2 is 2.05 bits per heavy atom. The minimum Gasteiger partial charge on any atom is -0.336 e. The molecule has 0 radical (unpaired) electrons. The van der Waals surface area contributed by atoms with Crippen molar-refractivity contribution in [3.63, 3.8) is 0 Å². The molecule has 2 atom stereocenters. The first-order valence-corrected chi connectivity index (χ1v) is 8.16. The molecule has 0 fully saturated rings. The number of aromatic amines is 1. The summed E-state index contributed by atoms with van der Waals surface area (Å²) in [5.74, 6) is 0. The van der Waals surface area contributed by atoms with Crippen LogP contribution in [0.1, 0.15) is 6.23 Å². The van der Waals surface area contributed by atoms with Gasteiger partial charge in [0, 0.05) is 20.4 Å². The molecular formula is C11H14ClN2O7P. The number of rotatable bonds is 6. The monoisotopic (exact) mass is 352 g/mol. The van der Waals surface area contributed by atoms with E-state index >= 15 is 0 Å². The molecule has 1 aromatic rings. The molecule has 0 bridgehead atoms. The Labute approximate surface area is 129 Å². The van der Waals surface area contributed by atoms with Crippen LogP contribution in [0.2, 0.25) is 5.02 Å². The molecule has 0 amide bonds. The number of hydrogen-bond donors (Lipinski definition) is 1. The SMILES string of the molecule is COP(=O)(CO[C@@H]1C=C[C@H](n2cc(Cl)c(=O)[nH]c2=O)O1)OC. The Bertz CT molecular complexity index is 720. The van der Waals surface area contributed by atoms with Crippen molar-refractivity contribution in [3.8, 4) is 0 Å². The van der Waals surface area contributed by atoms with Crippen LogP contribution in [0.4, 0.5) is 0 Å². The van der Waals surface area contributed by atoms with Crippen molar-refractivity contribution < 1.29 is 23.1 Å². The van der Waals surface area contributed by atoms with Gasteiger partial charge in [0.15, 0.2) is 18.9 Å². The van der Waals surface area contributed by atoms with Crippen molar-refractivity contribution in [2.24, 2.45) is 0 Å². The lowest BCUT2D eigenvalue weighted by atomic mass is 10.5. The van der Waals surface area contributed by atoms with E-state index < -0.39 is 31.4 Å². The summed E-state index contributed by atoms with van der Waals surface area (Å²) in [4.78, 5) is 25.0.